The zero-order chi connectivity index (χ0) is 29.0. The van der Waals surface area contributed by atoms with Gasteiger partial charge in [0.05, 0.1) is 59.3 Å². The molecule has 7 rings (SSSR count). The Morgan fingerprint density at radius 3 is 2.71 bits per heavy atom. The number of pyridine rings is 1. The van der Waals surface area contributed by atoms with Crippen molar-refractivity contribution in [2.75, 3.05) is 30.4 Å². The van der Waals surface area contributed by atoms with E-state index in [4.69, 9.17) is 16.3 Å². The van der Waals surface area contributed by atoms with Gasteiger partial charge in [-0.2, -0.15) is 5.26 Å². The highest BCUT2D eigenvalue weighted by Crippen LogP contribution is 2.40. The molecule has 10 heteroatoms. The molecule has 4 heterocycles. The number of fused-ring (bicyclic) bond motifs is 2. The Hall–Kier alpha value is -3.71. The van der Waals surface area contributed by atoms with Gasteiger partial charge in [-0.25, -0.2) is 4.68 Å². The summed E-state index contributed by atoms with van der Waals surface area (Å²) in [5.74, 6) is 0. The average molecular weight is 583 g/mol. The van der Waals surface area contributed by atoms with Gasteiger partial charge in [-0.05, 0) is 47.1 Å². The molecule has 0 bridgehead atoms. The molecule has 2 N–H and O–H groups in total. The van der Waals surface area contributed by atoms with Crippen molar-refractivity contribution >= 4 is 33.9 Å². The van der Waals surface area contributed by atoms with Gasteiger partial charge < -0.3 is 15.4 Å². The van der Waals surface area contributed by atoms with E-state index in [1.54, 1.807) is 6.20 Å². The van der Waals surface area contributed by atoms with Crippen LogP contribution in [0.15, 0.2) is 42.7 Å². The van der Waals surface area contributed by atoms with Gasteiger partial charge in [0.1, 0.15) is 11.8 Å². The number of benzene rings is 2. The summed E-state index contributed by atoms with van der Waals surface area (Å²) in [4.78, 5) is 7.05. The summed E-state index contributed by atoms with van der Waals surface area (Å²) in [5.41, 5.74) is 7.47. The fourth-order valence-corrected chi connectivity index (χ4v) is 6.09. The van der Waals surface area contributed by atoms with Crippen LogP contribution in [0.3, 0.4) is 0 Å². The van der Waals surface area contributed by atoms with Crippen molar-refractivity contribution in [1.29, 1.82) is 5.26 Å². The number of ether oxygens (including phenoxy) is 1. The van der Waals surface area contributed by atoms with E-state index >= 15 is 0 Å². The Kier molecular flexibility index (Phi) is 6.81. The molecule has 1 atom stereocenters. The molecule has 1 saturated carbocycles. The highest BCUT2D eigenvalue weighted by Gasteiger charge is 2.34. The first-order chi connectivity index (χ1) is 20.3. The van der Waals surface area contributed by atoms with Gasteiger partial charge in [-0.3, -0.25) is 9.88 Å². The number of anilines is 2. The van der Waals surface area contributed by atoms with E-state index in [0.717, 1.165) is 61.6 Å². The van der Waals surface area contributed by atoms with Gasteiger partial charge >= 0.3 is 0 Å². The number of halogens is 1. The Morgan fingerprint density at radius 2 is 2.00 bits per heavy atom. The molecule has 1 aliphatic carbocycles. The molecule has 42 heavy (non-hydrogen) atoms. The first kappa shape index (κ1) is 27.1. The summed E-state index contributed by atoms with van der Waals surface area (Å²) in [6.45, 7) is 10.6. The van der Waals surface area contributed by atoms with Crippen LogP contribution in [0.25, 0.3) is 10.9 Å². The first-order valence-corrected chi connectivity index (χ1v) is 15.0. The maximum Gasteiger partial charge on any atom is 0.109 e. The minimum absolute atomic E-state index is 0.0215. The normalized spacial score (nSPS) is 18.0. The largest absolute Gasteiger partial charge is 0.383 e. The molecular formula is C32H35ClN8O. The van der Waals surface area contributed by atoms with Crippen molar-refractivity contribution in [3.8, 4) is 6.07 Å². The summed E-state index contributed by atoms with van der Waals surface area (Å²) in [7, 11) is 0. The molecule has 3 aliphatic rings. The lowest BCUT2D eigenvalue weighted by molar-refractivity contribution is -0.0670. The zero-order valence-corrected chi connectivity index (χ0v) is 24.9. The van der Waals surface area contributed by atoms with Crippen molar-refractivity contribution in [2.45, 2.75) is 64.8 Å². The maximum absolute atomic E-state index is 9.90. The van der Waals surface area contributed by atoms with Crippen LogP contribution in [0, 0.1) is 16.7 Å². The zero-order valence-electron chi connectivity index (χ0n) is 24.2. The lowest BCUT2D eigenvalue weighted by Gasteiger charge is -2.34. The molecule has 216 valence electrons. The highest BCUT2D eigenvalue weighted by atomic mass is 35.5. The van der Waals surface area contributed by atoms with E-state index in [-0.39, 0.29) is 11.5 Å². The summed E-state index contributed by atoms with van der Waals surface area (Å²) in [6.07, 6.45) is 5.95. The van der Waals surface area contributed by atoms with E-state index in [0.29, 0.717) is 34.7 Å². The molecule has 1 saturated heterocycles. The standard InChI is InChI=1S/C32H35ClN8O/c1-32(2,3)18-36-29-20(11-34)12-35-30-25(29)9-21(10-27(30)33)37-31(28-15-41(39-38-28)22-7-8-22)24-6-4-5-19-13-40(14-26(19)24)23-16-42-17-23/h4-6,9-10,12,15,22-23,31,37H,7-8,13-14,16-18H2,1-3H3,(H,35,36). The Balaban J connectivity index is 1.30. The van der Waals surface area contributed by atoms with E-state index in [9.17, 15) is 5.26 Å². The molecule has 0 spiro atoms. The van der Waals surface area contributed by atoms with Gasteiger partial charge in [0, 0.05) is 36.9 Å². The number of nitriles is 1. The SMILES string of the molecule is CC(C)(C)CNc1c(C#N)cnc2c(Cl)cc(NC(c3cn(C4CC4)nn3)c3cccc4c3CN(C3COC3)C4)cc12. The third-order valence-electron chi connectivity index (χ3n) is 8.39. The second kappa shape index (κ2) is 10.5. The molecule has 4 aromatic rings. The molecule has 2 aromatic carbocycles. The fraction of sp³-hybridized carbons (Fsp3) is 0.438. The lowest BCUT2D eigenvalue weighted by atomic mass is 9.95. The molecule has 0 amide bonds. The van der Waals surface area contributed by atoms with Crippen molar-refractivity contribution < 1.29 is 4.74 Å². The van der Waals surface area contributed by atoms with E-state index in [1.165, 1.54) is 16.7 Å². The number of nitrogens with zero attached hydrogens (tertiary/aromatic N) is 6. The van der Waals surface area contributed by atoms with Crippen LogP contribution >= 0.6 is 11.6 Å². The van der Waals surface area contributed by atoms with Crippen LogP contribution in [0.1, 0.15) is 73.6 Å². The van der Waals surface area contributed by atoms with Gasteiger partial charge in [0.25, 0.3) is 0 Å². The monoisotopic (exact) mass is 582 g/mol. The second-order valence-corrected chi connectivity index (χ2v) is 13.3. The van der Waals surface area contributed by atoms with Gasteiger partial charge in [0.2, 0.25) is 0 Å². The molecule has 2 fully saturated rings. The maximum atomic E-state index is 9.90. The number of hydrogen-bond donors (Lipinski definition) is 2. The fourth-order valence-electron chi connectivity index (χ4n) is 5.83. The van der Waals surface area contributed by atoms with Crippen molar-refractivity contribution in [2.24, 2.45) is 5.41 Å². The molecule has 0 radical (unpaired) electrons. The van der Waals surface area contributed by atoms with E-state index < -0.39 is 0 Å². The third kappa shape index (κ3) is 5.19. The second-order valence-electron chi connectivity index (χ2n) is 12.9. The molecular weight excluding hydrogens is 548 g/mol. The quantitative estimate of drug-likeness (QED) is 0.258. The molecule has 1 unspecified atom stereocenters. The van der Waals surface area contributed by atoms with Crippen LogP contribution in [0.2, 0.25) is 5.02 Å². The molecule has 2 aliphatic heterocycles. The minimum Gasteiger partial charge on any atom is -0.383 e. The Morgan fingerprint density at radius 1 is 1.17 bits per heavy atom. The van der Waals surface area contributed by atoms with Crippen LogP contribution in [-0.4, -0.2) is 50.7 Å². The van der Waals surface area contributed by atoms with Crippen LogP contribution in [-0.2, 0) is 17.8 Å². The average Bonchev–Trinajstić information content (AvgIpc) is 3.50. The highest BCUT2D eigenvalue weighted by molar-refractivity contribution is 6.35. The van der Waals surface area contributed by atoms with Crippen molar-refractivity contribution in [3.63, 3.8) is 0 Å². The number of aromatic nitrogens is 4. The van der Waals surface area contributed by atoms with Gasteiger partial charge in [0.15, 0.2) is 0 Å². The summed E-state index contributed by atoms with van der Waals surface area (Å²) in [6, 6.07) is 13.5. The minimum atomic E-state index is -0.239. The van der Waals surface area contributed by atoms with Crippen LogP contribution in [0.5, 0.6) is 0 Å². The number of hydrogen-bond acceptors (Lipinski definition) is 8. The van der Waals surface area contributed by atoms with Crippen LogP contribution < -0.4 is 10.6 Å². The lowest BCUT2D eigenvalue weighted by Crippen LogP contribution is -2.46. The number of rotatable bonds is 8. The van der Waals surface area contributed by atoms with Crippen LogP contribution in [0.4, 0.5) is 11.4 Å². The van der Waals surface area contributed by atoms with Crippen molar-refractivity contribution in [1.82, 2.24) is 24.9 Å². The van der Waals surface area contributed by atoms with E-state index in [1.807, 2.05) is 16.8 Å². The van der Waals surface area contributed by atoms with Gasteiger partial charge in [-0.1, -0.05) is 55.8 Å². The summed E-state index contributed by atoms with van der Waals surface area (Å²) < 4.78 is 7.49. The number of nitrogens with one attached hydrogen (secondary N) is 2. The van der Waals surface area contributed by atoms with Crippen molar-refractivity contribution in [3.05, 3.63) is 75.7 Å². The van der Waals surface area contributed by atoms with E-state index in [2.05, 4.69) is 82.1 Å². The first-order valence-electron chi connectivity index (χ1n) is 14.6. The smallest absolute Gasteiger partial charge is 0.109 e. The summed E-state index contributed by atoms with van der Waals surface area (Å²) >= 11 is 6.86. The molecule has 2 aromatic heterocycles. The third-order valence-corrected chi connectivity index (χ3v) is 8.68. The van der Waals surface area contributed by atoms with Gasteiger partial charge in [-0.15, -0.1) is 5.10 Å². The Labute approximate surface area is 250 Å². The molecule has 9 nitrogen and oxygen atoms in total. The predicted molar refractivity (Wildman–Crippen MR) is 163 cm³/mol. The summed E-state index contributed by atoms with van der Waals surface area (Å²) in [5, 5.41) is 27.7. The predicted octanol–water partition coefficient (Wildman–Crippen LogP) is 6.06. The Bertz CT molecular complexity index is 1700. The topological polar surface area (TPSA) is 104 Å².